The second-order valence-electron chi connectivity index (χ2n) is 23.2. The fourth-order valence-electron chi connectivity index (χ4n) is 11.3. The van der Waals surface area contributed by atoms with Crippen molar-refractivity contribution >= 4 is 72.2 Å². The zero-order valence-corrected chi connectivity index (χ0v) is 49.1. The lowest BCUT2D eigenvalue weighted by atomic mass is 9.71. The van der Waals surface area contributed by atoms with Crippen LogP contribution >= 0.6 is 23.4 Å². The van der Waals surface area contributed by atoms with Crippen molar-refractivity contribution in [3.8, 4) is 0 Å². The molecular formula is C58H73ClF3N7O8S3. The van der Waals surface area contributed by atoms with Crippen LogP contribution in [0.15, 0.2) is 117 Å². The van der Waals surface area contributed by atoms with Crippen LogP contribution in [0.1, 0.15) is 82.1 Å². The Bertz CT molecular complexity index is 3090. The SMILES string of the molecule is CC(C)(C)OC(=O)N1CCN(C[C@]2(C)CCC(c3ccc(Cl)cc3)=C(CN3CCN(c4ccc(C(=O)NS(=O)(=O)c5ccc(N[C@H](CCN6CCOCC67CC7)CSc6ccccc6)c(S(=O)(=O)C(F)(F)F)c5)cc4)CC3)C2)CC1. The van der Waals surface area contributed by atoms with Gasteiger partial charge in [-0.15, -0.1) is 11.8 Å². The molecule has 1 saturated carbocycles. The molecule has 0 unspecified atom stereocenters. The molecule has 0 radical (unpaired) electrons. The van der Waals surface area contributed by atoms with Gasteiger partial charge >= 0.3 is 11.6 Å². The average molecular weight is 1180 g/mol. The summed E-state index contributed by atoms with van der Waals surface area (Å²) in [5.41, 5.74) is -1.99. The maximum absolute atomic E-state index is 14.4. The van der Waals surface area contributed by atoms with Crippen molar-refractivity contribution < 1.29 is 49.1 Å². The highest BCUT2D eigenvalue weighted by Gasteiger charge is 2.50. The zero-order chi connectivity index (χ0) is 57.1. The molecule has 3 aliphatic heterocycles. The van der Waals surface area contributed by atoms with Crippen LogP contribution in [0, 0.1) is 5.41 Å². The van der Waals surface area contributed by atoms with Crippen molar-refractivity contribution in [3.63, 3.8) is 0 Å². The van der Waals surface area contributed by atoms with Gasteiger partial charge in [0, 0.05) is 117 Å². The molecule has 4 aromatic carbocycles. The monoisotopic (exact) mass is 1180 g/mol. The number of alkyl halides is 3. The first-order valence-electron chi connectivity index (χ1n) is 27.4. The fourth-order valence-corrected chi connectivity index (χ4v) is 14.5. The first-order chi connectivity index (χ1) is 37.9. The number of rotatable bonds is 18. The number of sulfone groups is 1. The predicted octanol–water partition coefficient (Wildman–Crippen LogP) is 9.90. The van der Waals surface area contributed by atoms with Gasteiger partial charge in [-0.2, -0.15) is 13.2 Å². The number of nitrogens with zero attached hydrogens (tertiary/aromatic N) is 5. The van der Waals surface area contributed by atoms with Gasteiger partial charge in [0.05, 0.1) is 23.8 Å². The van der Waals surface area contributed by atoms with Gasteiger partial charge in [-0.25, -0.2) is 26.4 Å². The molecule has 434 valence electrons. The first kappa shape index (κ1) is 59.7. The van der Waals surface area contributed by atoms with Gasteiger partial charge in [-0.1, -0.05) is 54.4 Å². The molecule has 2 aliphatic carbocycles. The molecule has 0 bridgehead atoms. The van der Waals surface area contributed by atoms with Crippen LogP contribution in [-0.2, 0) is 29.3 Å². The summed E-state index contributed by atoms with van der Waals surface area (Å²) in [6.45, 7) is 17.9. The highest BCUT2D eigenvalue weighted by molar-refractivity contribution is 7.99. The minimum absolute atomic E-state index is 0.0173. The van der Waals surface area contributed by atoms with E-state index in [1.54, 1.807) is 17.0 Å². The Balaban J connectivity index is 0.833. The summed E-state index contributed by atoms with van der Waals surface area (Å²) < 4.78 is 110. The Kier molecular flexibility index (Phi) is 18.3. The van der Waals surface area contributed by atoms with Crippen molar-refractivity contribution in [2.75, 3.05) is 108 Å². The molecule has 5 aliphatic rings. The minimum Gasteiger partial charge on any atom is -0.444 e. The number of piperazine rings is 2. The van der Waals surface area contributed by atoms with Crippen molar-refractivity contribution in [2.45, 2.75) is 104 Å². The van der Waals surface area contributed by atoms with Gasteiger partial charge in [0.2, 0.25) is 0 Å². The topological polar surface area (TPSA) is 161 Å². The first-order valence-corrected chi connectivity index (χ1v) is 31.7. The summed E-state index contributed by atoms with van der Waals surface area (Å²) in [5.74, 6) is -0.671. The van der Waals surface area contributed by atoms with Crippen molar-refractivity contribution in [2.24, 2.45) is 5.41 Å². The number of halogens is 4. The number of ether oxygens (including phenoxy) is 2. The number of carbonyl (C=O) groups is 2. The van der Waals surface area contributed by atoms with Crippen LogP contribution in [0.25, 0.3) is 5.57 Å². The van der Waals surface area contributed by atoms with E-state index < -0.39 is 58.4 Å². The highest BCUT2D eigenvalue weighted by atomic mass is 35.5. The number of nitrogens with one attached hydrogen (secondary N) is 2. The number of morpholine rings is 1. The summed E-state index contributed by atoms with van der Waals surface area (Å²) in [4.78, 5) is 36.4. The highest BCUT2D eigenvalue weighted by Crippen LogP contribution is 2.46. The number of carbonyl (C=O) groups excluding carboxylic acids is 2. The lowest BCUT2D eigenvalue weighted by molar-refractivity contribution is -0.0436. The van der Waals surface area contributed by atoms with Crippen LogP contribution < -0.4 is 14.9 Å². The third kappa shape index (κ3) is 14.8. The summed E-state index contributed by atoms with van der Waals surface area (Å²) in [7, 11) is -11.0. The summed E-state index contributed by atoms with van der Waals surface area (Å²) >= 11 is 7.79. The van der Waals surface area contributed by atoms with E-state index in [1.807, 2.05) is 68.0 Å². The van der Waals surface area contributed by atoms with Gasteiger partial charge < -0.3 is 24.6 Å². The number of hydrogen-bond acceptors (Lipinski definition) is 14. The molecule has 3 heterocycles. The van der Waals surface area contributed by atoms with E-state index >= 15 is 0 Å². The molecule has 1 spiro atoms. The number of hydrogen-bond donors (Lipinski definition) is 2. The lowest BCUT2D eigenvalue weighted by Crippen LogP contribution is -2.52. The van der Waals surface area contributed by atoms with E-state index in [0.29, 0.717) is 75.7 Å². The van der Waals surface area contributed by atoms with Crippen LogP contribution in [0.2, 0.25) is 5.02 Å². The summed E-state index contributed by atoms with van der Waals surface area (Å²) in [6.07, 6.45) is 5.03. The van der Waals surface area contributed by atoms with Crippen molar-refractivity contribution in [1.29, 1.82) is 0 Å². The third-order valence-electron chi connectivity index (χ3n) is 15.9. The summed E-state index contributed by atoms with van der Waals surface area (Å²) in [5, 5.41) is 3.74. The van der Waals surface area contributed by atoms with Gasteiger partial charge in [-0.05, 0) is 143 Å². The molecule has 15 nitrogen and oxygen atoms in total. The van der Waals surface area contributed by atoms with Crippen molar-refractivity contribution in [3.05, 3.63) is 119 Å². The number of thioether (sulfide) groups is 1. The summed E-state index contributed by atoms with van der Waals surface area (Å²) in [6, 6.07) is 25.9. The Labute approximate surface area is 478 Å². The molecule has 0 aromatic heterocycles. The largest absolute Gasteiger partial charge is 0.501 e. The average Bonchev–Trinajstić information content (AvgIpc) is 4.22. The van der Waals surface area contributed by atoms with Crippen LogP contribution in [-0.4, -0.2) is 169 Å². The zero-order valence-electron chi connectivity index (χ0n) is 45.9. The van der Waals surface area contributed by atoms with E-state index in [1.165, 1.54) is 40.6 Å². The Morgan fingerprint density at radius 1 is 0.825 bits per heavy atom. The molecule has 4 fully saturated rings. The second kappa shape index (κ2) is 24.5. The van der Waals surface area contributed by atoms with Gasteiger partial charge in [0.25, 0.3) is 25.8 Å². The number of anilines is 2. The van der Waals surface area contributed by atoms with E-state index in [9.17, 15) is 39.6 Å². The molecular weight excluding hydrogens is 1110 g/mol. The van der Waals surface area contributed by atoms with Gasteiger partial charge in [0.1, 0.15) is 10.5 Å². The standard InChI is InChI=1S/C58H73ClF3N7O8S3/c1-55(2,3)77-54(71)68-32-28-66(29-33-68)40-56(4)22-20-50(42-10-14-45(59)15-11-42)44(37-56)38-65-26-30-67(31-27-65)47-16-12-43(13-17-47)53(70)64-80(74,75)49-18-19-51(52(36-49)79(72,73)58(60,61)62)63-46(39-78-48-8-6-5-7-9-48)21-25-69-34-35-76-41-57(69)23-24-57/h5-19,36,46,63H,20-35,37-41H2,1-4H3,(H,64,70)/t46-,56-/m1/s1. The van der Waals surface area contributed by atoms with E-state index in [2.05, 4.69) is 44.0 Å². The number of amides is 2. The fraction of sp³-hybridized carbons (Fsp3) is 0.517. The molecule has 2 N–H and O–H groups in total. The van der Waals surface area contributed by atoms with Gasteiger partial charge in [0.15, 0.2) is 0 Å². The molecule has 4 aromatic rings. The van der Waals surface area contributed by atoms with Crippen LogP contribution in [0.4, 0.5) is 29.3 Å². The molecule has 80 heavy (non-hydrogen) atoms. The molecule has 2 amide bonds. The Hall–Kier alpha value is -4.87. The molecule has 22 heteroatoms. The number of benzene rings is 4. The van der Waals surface area contributed by atoms with E-state index in [-0.39, 0.29) is 22.6 Å². The predicted molar refractivity (Wildman–Crippen MR) is 308 cm³/mol. The second-order valence-corrected chi connectivity index (χ2v) is 28.3. The van der Waals surface area contributed by atoms with Crippen LogP contribution in [0.5, 0.6) is 0 Å². The van der Waals surface area contributed by atoms with E-state index in [0.717, 1.165) is 94.1 Å². The maximum atomic E-state index is 14.4. The quantitative estimate of drug-likeness (QED) is 0.0906. The molecule has 2 atom stereocenters. The molecule has 9 rings (SSSR count). The Morgan fingerprint density at radius 2 is 1.50 bits per heavy atom. The number of sulfonamides is 1. The van der Waals surface area contributed by atoms with Crippen molar-refractivity contribution in [1.82, 2.24) is 24.3 Å². The minimum atomic E-state index is -6.09. The lowest BCUT2D eigenvalue weighted by Gasteiger charge is -2.44. The molecule has 3 saturated heterocycles. The Morgan fingerprint density at radius 3 is 2.15 bits per heavy atom. The normalized spacial score (nSPS) is 21.1. The van der Waals surface area contributed by atoms with Crippen LogP contribution in [0.3, 0.4) is 0 Å². The van der Waals surface area contributed by atoms with E-state index in [4.69, 9.17) is 21.1 Å². The third-order valence-corrected chi connectivity index (χ3v) is 20.2. The smallest absolute Gasteiger partial charge is 0.444 e. The maximum Gasteiger partial charge on any atom is 0.501 e. The number of allylic oxidation sites excluding steroid dienone is 1. The van der Waals surface area contributed by atoms with Gasteiger partial charge in [-0.3, -0.25) is 19.5 Å².